The molecule has 0 saturated carbocycles. The standard InChI is InChI=1S/C13H21N3O3S2/c1-3-11-8-15-12(20-11)4-5-14-13(17)16-6-7-21(18,19)9-10(16)2/h8,10H,3-7,9H2,1-2H3,(H,14,17). The van der Waals surface area contributed by atoms with Crippen LogP contribution in [0, 0.1) is 0 Å². The predicted octanol–water partition coefficient (Wildman–Crippen LogP) is 1.08. The van der Waals surface area contributed by atoms with Gasteiger partial charge in [0.25, 0.3) is 0 Å². The lowest BCUT2D eigenvalue weighted by molar-refractivity contribution is 0.185. The highest BCUT2D eigenvalue weighted by Crippen LogP contribution is 2.14. The van der Waals surface area contributed by atoms with Crippen molar-refractivity contribution >= 4 is 27.2 Å². The van der Waals surface area contributed by atoms with Gasteiger partial charge in [-0.1, -0.05) is 6.92 Å². The Bertz CT molecular complexity index is 598. The first-order valence-electron chi connectivity index (χ1n) is 7.09. The number of urea groups is 1. The van der Waals surface area contributed by atoms with Crippen molar-refractivity contribution in [3.8, 4) is 0 Å². The largest absolute Gasteiger partial charge is 0.338 e. The lowest BCUT2D eigenvalue weighted by atomic mass is 10.3. The third-order valence-corrected chi connectivity index (χ3v) is 6.49. The van der Waals surface area contributed by atoms with E-state index in [0.29, 0.717) is 13.0 Å². The summed E-state index contributed by atoms with van der Waals surface area (Å²) in [6.07, 6.45) is 3.56. The van der Waals surface area contributed by atoms with Gasteiger partial charge in [0.2, 0.25) is 0 Å². The summed E-state index contributed by atoms with van der Waals surface area (Å²) in [6, 6.07) is -0.458. The van der Waals surface area contributed by atoms with E-state index in [4.69, 9.17) is 0 Å². The topological polar surface area (TPSA) is 79.4 Å². The average Bonchev–Trinajstić information content (AvgIpc) is 2.85. The van der Waals surface area contributed by atoms with E-state index < -0.39 is 9.84 Å². The molecule has 0 aromatic carbocycles. The minimum atomic E-state index is -2.99. The molecule has 0 bridgehead atoms. The van der Waals surface area contributed by atoms with Gasteiger partial charge in [-0.25, -0.2) is 18.2 Å². The molecule has 2 amide bonds. The van der Waals surface area contributed by atoms with Crippen LogP contribution in [0.1, 0.15) is 23.7 Å². The fraction of sp³-hybridized carbons (Fsp3) is 0.692. The zero-order valence-electron chi connectivity index (χ0n) is 12.3. The van der Waals surface area contributed by atoms with Gasteiger partial charge in [0.1, 0.15) is 0 Å². The minimum absolute atomic E-state index is 0.0484. The van der Waals surface area contributed by atoms with Crippen molar-refractivity contribution in [2.24, 2.45) is 0 Å². The van der Waals surface area contributed by atoms with Crippen molar-refractivity contribution in [2.75, 3.05) is 24.6 Å². The van der Waals surface area contributed by atoms with E-state index in [9.17, 15) is 13.2 Å². The van der Waals surface area contributed by atoms with Gasteiger partial charge in [-0.2, -0.15) is 0 Å². The number of carbonyl (C=O) groups is 1. The van der Waals surface area contributed by atoms with Crippen LogP contribution in [0.25, 0.3) is 0 Å². The molecule has 2 heterocycles. The fourth-order valence-electron chi connectivity index (χ4n) is 2.31. The normalized spacial score (nSPS) is 21.2. The van der Waals surface area contributed by atoms with Crippen molar-refractivity contribution in [3.05, 3.63) is 16.1 Å². The van der Waals surface area contributed by atoms with Crippen LogP contribution in [0.15, 0.2) is 6.20 Å². The van der Waals surface area contributed by atoms with Gasteiger partial charge in [-0.05, 0) is 13.3 Å². The maximum absolute atomic E-state index is 12.1. The number of nitrogens with zero attached hydrogens (tertiary/aromatic N) is 2. The second kappa shape index (κ2) is 6.74. The van der Waals surface area contributed by atoms with Crippen LogP contribution in [0.4, 0.5) is 4.79 Å². The highest BCUT2D eigenvalue weighted by atomic mass is 32.2. The molecule has 1 unspecified atom stereocenters. The van der Waals surface area contributed by atoms with Gasteiger partial charge in [0.05, 0.1) is 16.5 Å². The second-order valence-corrected chi connectivity index (χ2v) is 8.64. The van der Waals surface area contributed by atoms with E-state index >= 15 is 0 Å². The molecule has 1 saturated heterocycles. The zero-order chi connectivity index (χ0) is 15.5. The molecule has 0 spiro atoms. The number of sulfone groups is 1. The molecule has 6 nitrogen and oxygen atoms in total. The Balaban J connectivity index is 1.79. The Hall–Kier alpha value is -1.15. The lowest BCUT2D eigenvalue weighted by Crippen LogP contribution is -2.53. The highest BCUT2D eigenvalue weighted by molar-refractivity contribution is 7.91. The molecule has 1 aromatic rings. The molecule has 1 aromatic heterocycles. The summed E-state index contributed by atoms with van der Waals surface area (Å²) in [7, 11) is -2.99. The van der Waals surface area contributed by atoms with Crippen molar-refractivity contribution < 1.29 is 13.2 Å². The van der Waals surface area contributed by atoms with E-state index in [1.165, 1.54) is 4.88 Å². The van der Waals surface area contributed by atoms with Gasteiger partial charge < -0.3 is 10.2 Å². The SMILES string of the molecule is CCc1cnc(CCNC(=O)N2CCS(=O)(=O)CC2C)s1. The van der Waals surface area contributed by atoms with Crippen molar-refractivity contribution in [1.29, 1.82) is 0 Å². The van der Waals surface area contributed by atoms with Gasteiger partial charge in [-0.15, -0.1) is 11.3 Å². The molecule has 1 N–H and O–H groups in total. The average molecular weight is 331 g/mol. The van der Waals surface area contributed by atoms with E-state index in [1.54, 1.807) is 23.2 Å². The molecule has 1 aliphatic rings. The fourth-order valence-corrected chi connectivity index (χ4v) is 4.72. The number of amides is 2. The number of carbonyl (C=O) groups excluding carboxylic acids is 1. The van der Waals surface area contributed by atoms with Crippen LogP contribution < -0.4 is 5.32 Å². The number of aromatic nitrogens is 1. The molecule has 118 valence electrons. The molecular weight excluding hydrogens is 310 g/mol. The first-order valence-corrected chi connectivity index (χ1v) is 9.73. The van der Waals surface area contributed by atoms with Crippen LogP contribution in [-0.4, -0.2) is 55.0 Å². The minimum Gasteiger partial charge on any atom is -0.338 e. The maximum atomic E-state index is 12.1. The van der Waals surface area contributed by atoms with E-state index in [1.807, 2.05) is 6.20 Å². The summed E-state index contributed by atoms with van der Waals surface area (Å²) in [5.41, 5.74) is 0. The number of rotatable bonds is 4. The molecule has 1 atom stereocenters. The monoisotopic (exact) mass is 331 g/mol. The first kappa shape index (κ1) is 16.2. The summed E-state index contributed by atoms with van der Waals surface area (Å²) < 4.78 is 23.0. The van der Waals surface area contributed by atoms with Crippen LogP contribution >= 0.6 is 11.3 Å². The summed E-state index contributed by atoms with van der Waals surface area (Å²) in [5.74, 6) is 0.101. The smallest absolute Gasteiger partial charge is 0.317 e. The molecule has 8 heteroatoms. The van der Waals surface area contributed by atoms with E-state index in [-0.39, 0.29) is 30.1 Å². The second-order valence-electron chi connectivity index (χ2n) is 5.21. The predicted molar refractivity (Wildman–Crippen MR) is 83.4 cm³/mol. The number of thiazole rings is 1. The third kappa shape index (κ3) is 4.41. The number of nitrogens with one attached hydrogen (secondary N) is 1. The molecule has 0 aliphatic carbocycles. The molecule has 0 radical (unpaired) electrons. The molecule has 2 rings (SSSR count). The van der Waals surface area contributed by atoms with Crippen molar-refractivity contribution in [3.63, 3.8) is 0 Å². The highest BCUT2D eigenvalue weighted by Gasteiger charge is 2.30. The van der Waals surface area contributed by atoms with Crippen molar-refractivity contribution in [2.45, 2.75) is 32.7 Å². The maximum Gasteiger partial charge on any atom is 0.317 e. The van der Waals surface area contributed by atoms with E-state index in [0.717, 1.165) is 11.4 Å². The molecule has 1 aliphatic heterocycles. The number of hydrogen-bond acceptors (Lipinski definition) is 5. The van der Waals surface area contributed by atoms with Crippen molar-refractivity contribution in [1.82, 2.24) is 15.2 Å². The summed E-state index contributed by atoms with van der Waals surface area (Å²) in [5, 5.41) is 3.86. The Labute approximate surface area is 129 Å². The summed E-state index contributed by atoms with van der Waals surface area (Å²) >= 11 is 1.67. The number of aryl methyl sites for hydroxylation is 1. The molecular formula is C13H21N3O3S2. The lowest BCUT2D eigenvalue weighted by Gasteiger charge is -2.33. The Morgan fingerprint density at radius 2 is 2.33 bits per heavy atom. The molecule has 21 heavy (non-hydrogen) atoms. The van der Waals surface area contributed by atoms with Gasteiger partial charge in [0, 0.05) is 36.6 Å². The Morgan fingerprint density at radius 1 is 1.57 bits per heavy atom. The quantitative estimate of drug-likeness (QED) is 0.895. The van der Waals surface area contributed by atoms with Crippen LogP contribution in [0.2, 0.25) is 0 Å². The third-order valence-electron chi connectivity index (χ3n) is 3.50. The van der Waals surface area contributed by atoms with Crippen LogP contribution in [0.3, 0.4) is 0 Å². The molecule has 1 fully saturated rings. The van der Waals surface area contributed by atoms with Gasteiger partial charge >= 0.3 is 6.03 Å². The van der Waals surface area contributed by atoms with E-state index in [2.05, 4.69) is 17.2 Å². The zero-order valence-corrected chi connectivity index (χ0v) is 14.0. The Kier molecular flexibility index (Phi) is 5.21. The van der Waals surface area contributed by atoms with Crippen LogP contribution in [-0.2, 0) is 22.7 Å². The van der Waals surface area contributed by atoms with Gasteiger partial charge in [-0.3, -0.25) is 0 Å². The van der Waals surface area contributed by atoms with Gasteiger partial charge in [0.15, 0.2) is 9.84 Å². The Morgan fingerprint density at radius 3 is 2.95 bits per heavy atom. The summed E-state index contributed by atoms with van der Waals surface area (Å²) in [4.78, 5) is 19.2. The summed E-state index contributed by atoms with van der Waals surface area (Å²) in [6.45, 7) is 4.65. The van der Waals surface area contributed by atoms with Crippen LogP contribution in [0.5, 0.6) is 0 Å². The first-order chi connectivity index (χ1) is 9.91. The number of hydrogen-bond donors (Lipinski definition) is 1.